The third-order valence-electron chi connectivity index (χ3n) is 3.90. The van der Waals surface area contributed by atoms with Crippen LogP contribution in [0.15, 0.2) is 24.3 Å². The van der Waals surface area contributed by atoms with Gasteiger partial charge in [-0.1, -0.05) is 19.3 Å². The first-order valence-corrected chi connectivity index (χ1v) is 8.46. The van der Waals surface area contributed by atoms with E-state index < -0.39 is 24.5 Å². The molecule has 1 aromatic rings. The summed E-state index contributed by atoms with van der Waals surface area (Å²) in [5, 5.41) is 13.6. The molecule has 8 heteroatoms. The predicted octanol–water partition coefficient (Wildman–Crippen LogP) is 1.64. The van der Waals surface area contributed by atoms with Crippen molar-refractivity contribution >= 4 is 17.9 Å². The molecule has 0 radical (unpaired) electrons. The minimum atomic E-state index is -0.739. The fraction of sp³-hybridized carbons (Fsp3) is 0.444. The van der Waals surface area contributed by atoms with Crippen LogP contribution in [0.25, 0.3) is 0 Å². The minimum Gasteiger partial charge on any atom is -0.482 e. The van der Waals surface area contributed by atoms with E-state index in [4.69, 9.17) is 14.7 Å². The van der Waals surface area contributed by atoms with Crippen molar-refractivity contribution in [2.75, 3.05) is 13.2 Å². The third kappa shape index (κ3) is 6.81. The molecule has 0 spiro atoms. The van der Waals surface area contributed by atoms with Gasteiger partial charge in [0.2, 0.25) is 0 Å². The lowest BCUT2D eigenvalue weighted by atomic mass is 9.96. The second-order valence-corrected chi connectivity index (χ2v) is 5.94. The molecule has 0 aromatic heterocycles. The van der Waals surface area contributed by atoms with Gasteiger partial charge in [-0.05, 0) is 37.1 Å². The number of urea groups is 1. The van der Waals surface area contributed by atoms with Gasteiger partial charge >= 0.3 is 12.0 Å². The maximum absolute atomic E-state index is 11.7. The molecule has 138 valence electrons. The third-order valence-corrected chi connectivity index (χ3v) is 3.90. The average molecular weight is 359 g/mol. The lowest BCUT2D eigenvalue weighted by Crippen LogP contribution is -2.46. The molecule has 2 N–H and O–H groups in total. The summed E-state index contributed by atoms with van der Waals surface area (Å²) in [5.41, 5.74) is 0.475. The number of esters is 1. The number of rotatable bonds is 6. The quantitative estimate of drug-likeness (QED) is 0.746. The van der Waals surface area contributed by atoms with E-state index in [1.54, 1.807) is 24.3 Å². The van der Waals surface area contributed by atoms with E-state index in [1.165, 1.54) is 6.42 Å². The van der Waals surface area contributed by atoms with Gasteiger partial charge in [-0.2, -0.15) is 5.26 Å². The Labute approximate surface area is 151 Å². The Kier molecular flexibility index (Phi) is 7.43. The van der Waals surface area contributed by atoms with Crippen molar-refractivity contribution in [3.8, 4) is 11.8 Å². The highest BCUT2D eigenvalue weighted by Gasteiger charge is 2.17. The van der Waals surface area contributed by atoms with Gasteiger partial charge in [0, 0.05) is 6.04 Å². The van der Waals surface area contributed by atoms with Crippen LogP contribution in [0.3, 0.4) is 0 Å². The molecule has 0 saturated heterocycles. The molecule has 0 heterocycles. The van der Waals surface area contributed by atoms with Crippen LogP contribution in [0.2, 0.25) is 0 Å². The van der Waals surface area contributed by atoms with Crippen LogP contribution in [0.4, 0.5) is 4.79 Å². The topological polar surface area (TPSA) is 118 Å². The maximum Gasteiger partial charge on any atom is 0.344 e. The number of amides is 3. The maximum atomic E-state index is 11.7. The van der Waals surface area contributed by atoms with Crippen LogP contribution >= 0.6 is 0 Å². The van der Waals surface area contributed by atoms with Crippen molar-refractivity contribution in [1.29, 1.82) is 5.26 Å². The van der Waals surface area contributed by atoms with Crippen LogP contribution in [-0.4, -0.2) is 37.2 Å². The minimum absolute atomic E-state index is 0.0833. The zero-order chi connectivity index (χ0) is 18.8. The average Bonchev–Trinajstić information content (AvgIpc) is 2.65. The number of carbonyl (C=O) groups excluding carboxylic acids is 3. The molecule has 26 heavy (non-hydrogen) atoms. The van der Waals surface area contributed by atoms with Gasteiger partial charge in [0.15, 0.2) is 13.2 Å². The zero-order valence-corrected chi connectivity index (χ0v) is 14.3. The van der Waals surface area contributed by atoms with Gasteiger partial charge in [0.1, 0.15) is 5.75 Å². The zero-order valence-electron chi connectivity index (χ0n) is 14.3. The molecule has 1 aliphatic rings. The fourth-order valence-electron chi connectivity index (χ4n) is 2.59. The summed E-state index contributed by atoms with van der Waals surface area (Å²) in [5.74, 6) is -1.04. The summed E-state index contributed by atoms with van der Waals surface area (Å²) in [7, 11) is 0. The first kappa shape index (κ1) is 19.2. The number of ether oxygens (including phenoxy) is 2. The van der Waals surface area contributed by atoms with Crippen LogP contribution in [0, 0.1) is 11.3 Å². The molecule has 2 rings (SSSR count). The number of hydrogen-bond donors (Lipinski definition) is 2. The summed E-state index contributed by atoms with van der Waals surface area (Å²) >= 11 is 0. The number of benzene rings is 1. The Morgan fingerprint density at radius 2 is 1.77 bits per heavy atom. The largest absolute Gasteiger partial charge is 0.482 e. The Morgan fingerprint density at radius 3 is 2.42 bits per heavy atom. The molecule has 3 amide bonds. The van der Waals surface area contributed by atoms with Crippen LogP contribution < -0.4 is 15.4 Å². The highest BCUT2D eigenvalue weighted by molar-refractivity contribution is 5.95. The van der Waals surface area contributed by atoms with Crippen LogP contribution in [0.1, 0.15) is 37.7 Å². The molecule has 1 aromatic carbocycles. The SMILES string of the molecule is N#Cc1ccc(OCC(=O)OCC(=O)NC(=O)NC2CCCCC2)cc1. The van der Waals surface area contributed by atoms with Gasteiger partial charge in [0.05, 0.1) is 11.6 Å². The van der Waals surface area contributed by atoms with Crippen molar-refractivity contribution in [2.24, 2.45) is 0 Å². The molecule has 1 aliphatic carbocycles. The summed E-state index contributed by atoms with van der Waals surface area (Å²) in [6, 6.07) is 7.68. The molecule has 0 bridgehead atoms. The molecular weight excluding hydrogens is 338 g/mol. The molecule has 8 nitrogen and oxygen atoms in total. The monoisotopic (exact) mass is 359 g/mol. The van der Waals surface area contributed by atoms with Crippen molar-refractivity contribution in [3.63, 3.8) is 0 Å². The van der Waals surface area contributed by atoms with E-state index in [2.05, 4.69) is 10.6 Å². The van der Waals surface area contributed by atoms with E-state index >= 15 is 0 Å². The van der Waals surface area contributed by atoms with Crippen molar-refractivity contribution in [1.82, 2.24) is 10.6 Å². The Morgan fingerprint density at radius 1 is 1.08 bits per heavy atom. The Hall–Kier alpha value is -3.08. The first-order chi connectivity index (χ1) is 12.6. The van der Waals surface area contributed by atoms with Gasteiger partial charge < -0.3 is 14.8 Å². The summed E-state index contributed by atoms with van der Waals surface area (Å²) in [6.45, 7) is -0.943. The smallest absolute Gasteiger partial charge is 0.344 e. The van der Waals surface area contributed by atoms with Gasteiger partial charge in [-0.25, -0.2) is 9.59 Å². The lowest BCUT2D eigenvalue weighted by Gasteiger charge is -2.22. The molecule has 0 unspecified atom stereocenters. The van der Waals surface area contributed by atoms with Crippen LogP contribution in [-0.2, 0) is 14.3 Å². The van der Waals surface area contributed by atoms with Crippen LogP contribution in [0.5, 0.6) is 5.75 Å². The van der Waals surface area contributed by atoms with E-state index in [-0.39, 0.29) is 12.6 Å². The number of imide groups is 1. The fourth-order valence-corrected chi connectivity index (χ4v) is 2.59. The predicted molar refractivity (Wildman–Crippen MR) is 91.2 cm³/mol. The van der Waals surface area contributed by atoms with E-state index in [1.807, 2.05) is 6.07 Å². The summed E-state index contributed by atoms with van der Waals surface area (Å²) in [4.78, 5) is 34.9. The number of nitrogens with zero attached hydrogens (tertiary/aromatic N) is 1. The summed E-state index contributed by atoms with van der Waals surface area (Å²) < 4.78 is 9.94. The second kappa shape index (κ2) is 10.0. The molecule has 0 aliphatic heterocycles. The van der Waals surface area contributed by atoms with Crippen molar-refractivity contribution < 1.29 is 23.9 Å². The van der Waals surface area contributed by atoms with E-state index in [9.17, 15) is 14.4 Å². The highest BCUT2D eigenvalue weighted by atomic mass is 16.6. The van der Waals surface area contributed by atoms with Gasteiger partial charge in [-0.15, -0.1) is 0 Å². The Bertz CT molecular complexity index is 675. The number of hydrogen-bond acceptors (Lipinski definition) is 6. The number of nitriles is 1. The standard InChI is InChI=1S/C18H21N3O5/c19-10-13-6-8-15(9-7-13)25-12-17(23)26-11-16(22)21-18(24)20-14-4-2-1-3-5-14/h6-9,14H,1-5,11-12H2,(H2,20,21,22,24). The molecule has 0 atom stereocenters. The normalized spacial score (nSPS) is 14.0. The number of nitrogens with one attached hydrogen (secondary N) is 2. The Balaban J connectivity index is 1.62. The second-order valence-electron chi connectivity index (χ2n) is 5.94. The van der Waals surface area contributed by atoms with Gasteiger partial charge in [0.25, 0.3) is 5.91 Å². The van der Waals surface area contributed by atoms with Gasteiger partial charge in [-0.3, -0.25) is 10.1 Å². The van der Waals surface area contributed by atoms with E-state index in [0.717, 1.165) is 25.7 Å². The number of carbonyl (C=O) groups is 3. The molecule has 1 fully saturated rings. The summed E-state index contributed by atoms with van der Waals surface area (Å²) in [6.07, 6.45) is 5.11. The molecular formula is C18H21N3O5. The van der Waals surface area contributed by atoms with E-state index in [0.29, 0.717) is 11.3 Å². The van der Waals surface area contributed by atoms with Crippen molar-refractivity contribution in [2.45, 2.75) is 38.1 Å². The highest BCUT2D eigenvalue weighted by Crippen LogP contribution is 2.17. The first-order valence-electron chi connectivity index (χ1n) is 8.46. The molecule has 1 saturated carbocycles. The lowest BCUT2D eigenvalue weighted by molar-refractivity contribution is -0.150. The van der Waals surface area contributed by atoms with Crippen molar-refractivity contribution in [3.05, 3.63) is 29.8 Å².